The van der Waals surface area contributed by atoms with Gasteiger partial charge in [-0.15, -0.1) is 0 Å². The Morgan fingerprint density at radius 2 is 2.23 bits per heavy atom. The number of hydrogen-bond acceptors (Lipinski definition) is 4. The van der Waals surface area contributed by atoms with Gasteiger partial charge in [-0.2, -0.15) is 0 Å². The van der Waals surface area contributed by atoms with E-state index in [0.29, 0.717) is 0 Å². The molecule has 0 bridgehead atoms. The van der Waals surface area contributed by atoms with Crippen molar-refractivity contribution in [1.82, 2.24) is 0 Å². The Kier molecular flexibility index (Phi) is 2.69. The molecule has 0 aromatic carbocycles. The van der Waals surface area contributed by atoms with E-state index in [4.69, 9.17) is 0 Å². The van der Waals surface area contributed by atoms with Gasteiger partial charge >= 0.3 is 5.97 Å². The number of oxime groups is 1. The number of allylic oxidation sites excluding steroid dienone is 4. The molecule has 0 saturated carbocycles. The molecule has 0 saturated heterocycles. The first kappa shape index (κ1) is 9.31. The first-order chi connectivity index (χ1) is 6.09. The van der Waals surface area contributed by atoms with Crippen molar-refractivity contribution < 1.29 is 18.8 Å². The molecule has 0 fully saturated rings. The maximum Gasteiger partial charge on any atom is 0.331 e. The highest BCUT2D eigenvalue weighted by Gasteiger charge is 2.11. The minimum Gasteiger partial charge on any atom is -0.318 e. The number of ketones is 1. The van der Waals surface area contributed by atoms with Crippen molar-refractivity contribution >= 4 is 17.5 Å². The molecule has 0 atom stereocenters. The molecule has 0 radical (unpaired) electrons. The van der Waals surface area contributed by atoms with E-state index in [1.807, 2.05) is 0 Å². The highest BCUT2D eigenvalue weighted by molar-refractivity contribution is 6.18. The predicted molar refractivity (Wildman–Crippen MR) is 42.5 cm³/mol. The van der Waals surface area contributed by atoms with Gasteiger partial charge in [0.05, 0.1) is 0 Å². The molecule has 0 aliphatic heterocycles. The van der Waals surface area contributed by atoms with Crippen molar-refractivity contribution in [2.45, 2.75) is 6.92 Å². The van der Waals surface area contributed by atoms with Crippen LogP contribution in [0.4, 0.5) is 4.39 Å². The number of hydrogen-bond donors (Lipinski definition) is 0. The first-order valence-corrected chi connectivity index (χ1v) is 3.45. The number of rotatable bonds is 1. The second kappa shape index (κ2) is 3.75. The van der Waals surface area contributed by atoms with Gasteiger partial charge in [0, 0.05) is 13.0 Å². The molecule has 0 aromatic rings. The fourth-order valence-electron chi connectivity index (χ4n) is 0.664. The SMILES string of the molecule is CC(=O)O/N=C1/C=CC(=O)C(F)=C1. The van der Waals surface area contributed by atoms with Crippen LogP contribution in [0, 0.1) is 0 Å². The van der Waals surface area contributed by atoms with Gasteiger partial charge in [0.25, 0.3) is 0 Å². The molecule has 0 heterocycles. The summed E-state index contributed by atoms with van der Waals surface area (Å²) in [6.07, 6.45) is 3.16. The summed E-state index contributed by atoms with van der Waals surface area (Å²) in [5.74, 6) is -2.25. The molecule has 5 heteroatoms. The molecule has 13 heavy (non-hydrogen) atoms. The Labute approximate surface area is 73.4 Å². The van der Waals surface area contributed by atoms with E-state index in [1.165, 1.54) is 13.0 Å². The lowest BCUT2D eigenvalue weighted by Gasteiger charge is -1.99. The van der Waals surface area contributed by atoms with Crippen LogP contribution in [0.2, 0.25) is 0 Å². The Morgan fingerprint density at radius 3 is 2.77 bits per heavy atom. The molecule has 0 amide bonds. The molecule has 1 aliphatic rings. The minimum atomic E-state index is -0.923. The zero-order valence-electron chi connectivity index (χ0n) is 6.78. The highest BCUT2D eigenvalue weighted by Crippen LogP contribution is 2.06. The predicted octanol–water partition coefficient (Wildman–Crippen LogP) is 0.898. The number of nitrogens with zero attached hydrogens (tertiary/aromatic N) is 1. The van der Waals surface area contributed by atoms with Gasteiger partial charge in [-0.3, -0.25) is 4.79 Å². The van der Waals surface area contributed by atoms with E-state index in [1.54, 1.807) is 0 Å². The third-order valence-electron chi connectivity index (χ3n) is 1.20. The van der Waals surface area contributed by atoms with E-state index in [9.17, 15) is 14.0 Å². The van der Waals surface area contributed by atoms with Crippen molar-refractivity contribution in [2.24, 2.45) is 5.16 Å². The largest absolute Gasteiger partial charge is 0.331 e. The van der Waals surface area contributed by atoms with Gasteiger partial charge in [-0.1, -0.05) is 5.16 Å². The summed E-state index contributed by atoms with van der Waals surface area (Å²) >= 11 is 0. The third-order valence-corrected chi connectivity index (χ3v) is 1.20. The monoisotopic (exact) mass is 183 g/mol. The van der Waals surface area contributed by atoms with Crippen LogP contribution in [0.1, 0.15) is 6.92 Å². The quantitative estimate of drug-likeness (QED) is 0.344. The number of carbonyl (C=O) groups is 2. The van der Waals surface area contributed by atoms with Crippen LogP contribution >= 0.6 is 0 Å². The maximum absolute atomic E-state index is 12.6. The number of carbonyl (C=O) groups excluding carboxylic acids is 2. The Morgan fingerprint density at radius 1 is 1.54 bits per heavy atom. The van der Waals surface area contributed by atoms with Gasteiger partial charge in [-0.05, 0) is 12.2 Å². The van der Waals surface area contributed by atoms with E-state index >= 15 is 0 Å². The second-order valence-corrected chi connectivity index (χ2v) is 2.29. The summed E-state index contributed by atoms with van der Waals surface area (Å²) in [7, 11) is 0. The molecule has 68 valence electrons. The van der Waals surface area contributed by atoms with Crippen molar-refractivity contribution in [3.8, 4) is 0 Å². The Balaban J connectivity index is 2.74. The lowest BCUT2D eigenvalue weighted by atomic mass is 10.1. The molecule has 1 rings (SSSR count). The standard InChI is InChI=1S/C8H6FNO3/c1-5(11)13-10-6-2-3-8(12)7(9)4-6/h2-4H,1H3/b10-6-. The average Bonchev–Trinajstić information content (AvgIpc) is 2.07. The molecule has 0 spiro atoms. The minimum absolute atomic E-state index is 0.0901. The Hall–Kier alpha value is -1.78. The highest BCUT2D eigenvalue weighted by atomic mass is 19.1. The first-order valence-electron chi connectivity index (χ1n) is 3.45. The maximum atomic E-state index is 12.6. The van der Waals surface area contributed by atoms with Crippen LogP contribution < -0.4 is 0 Å². The van der Waals surface area contributed by atoms with Gasteiger partial charge in [0.15, 0.2) is 5.83 Å². The average molecular weight is 183 g/mol. The van der Waals surface area contributed by atoms with Crippen LogP contribution in [0.5, 0.6) is 0 Å². The van der Waals surface area contributed by atoms with Crippen LogP contribution in [0.25, 0.3) is 0 Å². The van der Waals surface area contributed by atoms with E-state index in [0.717, 1.165) is 12.2 Å². The van der Waals surface area contributed by atoms with E-state index in [2.05, 4.69) is 9.99 Å². The smallest absolute Gasteiger partial charge is 0.318 e. The molecule has 4 nitrogen and oxygen atoms in total. The summed E-state index contributed by atoms with van der Waals surface area (Å²) < 4.78 is 12.6. The molecular formula is C8H6FNO3. The summed E-state index contributed by atoms with van der Waals surface area (Å²) in [4.78, 5) is 25.1. The van der Waals surface area contributed by atoms with Crippen molar-refractivity contribution in [1.29, 1.82) is 0 Å². The zero-order chi connectivity index (χ0) is 9.84. The second-order valence-electron chi connectivity index (χ2n) is 2.29. The fraction of sp³-hybridized carbons (Fsp3) is 0.125. The van der Waals surface area contributed by atoms with E-state index in [-0.39, 0.29) is 5.71 Å². The van der Waals surface area contributed by atoms with Crippen molar-refractivity contribution in [3.63, 3.8) is 0 Å². The summed E-state index contributed by atoms with van der Waals surface area (Å²) in [6, 6.07) is 0. The van der Waals surface area contributed by atoms with Crippen molar-refractivity contribution in [3.05, 3.63) is 24.1 Å². The zero-order valence-corrected chi connectivity index (χ0v) is 6.78. The molecule has 1 aliphatic carbocycles. The molecule has 0 N–H and O–H groups in total. The summed E-state index contributed by atoms with van der Waals surface area (Å²) in [5, 5.41) is 3.28. The third kappa shape index (κ3) is 2.62. The van der Waals surface area contributed by atoms with Crippen LogP contribution in [-0.4, -0.2) is 17.5 Å². The van der Waals surface area contributed by atoms with E-state index < -0.39 is 17.6 Å². The lowest BCUT2D eigenvalue weighted by molar-refractivity contribution is -0.140. The van der Waals surface area contributed by atoms with Gasteiger partial charge in [-0.25, -0.2) is 9.18 Å². The van der Waals surface area contributed by atoms with Crippen LogP contribution in [0.3, 0.4) is 0 Å². The summed E-state index contributed by atoms with van der Waals surface area (Å²) in [5.41, 5.74) is 0.0901. The number of halogens is 1. The van der Waals surface area contributed by atoms with Crippen LogP contribution in [-0.2, 0) is 14.4 Å². The fourth-order valence-corrected chi connectivity index (χ4v) is 0.664. The Bertz CT molecular complexity index is 341. The van der Waals surface area contributed by atoms with Crippen molar-refractivity contribution in [2.75, 3.05) is 0 Å². The summed E-state index contributed by atoms with van der Waals surface area (Å²) in [6.45, 7) is 1.17. The molecule has 0 unspecified atom stereocenters. The van der Waals surface area contributed by atoms with Gasteiger partial charge < -0.3 is 4.84 Å². The molecule has 0 aromatic heterocycles. The van der Waals surface area contributed by atoms with Gasteiger partial charge in [0.2, 0.25) is 5.78 Å². The lowest BCUT2D eigenvalue weighted by Crippen LogP contribution is -2.05. The topological polar surface area (TPSA) is 55.7 Å². The van der Waals surface area contributed by atoms with Crippen LogP contribution in [0.15, 0.2) is 29.2 Å². The molecular weight excluding hydrogens is 177 g/mol. The normalized spacial score (nSPS) is 18.8. The van der Waals surface area contributed by atoms with Gasteiger partial charge in [0.1, 0.15) is 5.71 Å².